The summed E-state index contributed by atoms with van der Waals surface area (Å²) in [6.07, 6.45) is -1.38. The number of alkyl halides is 1. The van der Waals surface area contributed by atoms with E-state index >= 15 is 4.39 Å². The monoisotopic (exact) mass is 439 g/mol. The van der Waals surface area contributed by atoms with Crippen molar-refractivity contribution in [2.24, 2.45) is 10.9 Å². The van der Waals surface area contributed by atoms with Crippen LogP contribution in [-0.2, 0) is 9.63 Å². The molecule has 4 atom stereocenters. The molecular formula is C19H23F2N5O5. The molecule has 168 valence electrons. The van der Waals surface area contributed by atoms with Crippen LogP contribution < -0.4 is 20.4 Å². The van der Waals surface area contributed by atoms with E-state index in [0.29, 0.717) is 18.7 Å². The molecule has 1 aromatic rings. The Labute approximate surface area is 176 Å². The lowest BCUT2D eigenvalue weighted by molar-refractivity contribution is -0.133. The smallest absolute Gasteiger partial charge is 0.336 e. The van der Waals surface area contributed by atoms with E-state index in [9.17, 15) is 19.4 Å². The average molecular weight is 439 g/mol. The lowest BCUT2D eigenvalue weighted by Crippen LogP contribution is -2.49. The summed E-state index contributed by atoms with van der Waals surface area (Å²) in [7, 11) is 2.75. The zero-order chi connectivity index (χ0) is 22.4. The Morgan fingerprint density at radius 1 is 1.32 bits per heavy atom. The second-order valence-electron chi connectivity index (χ2n) is 7.44. The number of aliphatic hydroxyl groups excluding tert-OH is 1. The van der Waals surface area contributed by atoms with Gasteiger partial charge in [0.05, 0.1) is 31.0 Å². The molecule has 2 saturated heterocycles. The maximum Gasteiger partial charge on any atom is 0.336 e. The zero-order valence-electron chi connectivity index (χ0n) is 17.0. The summed E-state index contributed by atoms with van der Waals surface area (Å²) in [5.41, 5.74) is 6.64. The molecule has 4 N–H and O–H groups in total. The number of anilines is 2. The predicted molar refractivity (Wildman–Crippen MR) is 107 cm³/mol. The van der Waals surface area contributed by atoms with Gasteiger partial charge in [-0.1, -0.05) is 5.16 Å². The summed E-state index contributed by atoms with van der Waals surface area (Å²) >= 11 is 0. The Bertz CT molecular complexity index is 971. The molecule has 3 unspecified atom stereocenters. The highest BCUT2D eigenvalue weighted by atomic mass is 19.1. The number of nitrogens with two attached hydrogens (primary N) is 1. The molecular weight excluding hydrogens is 416 g/mol. The van der Waals surface area contributed by atoms with Crippen LogP contribution in [0.25, 0.3) is 0 Å². The molecule has 0 saturated carbocycles. The topological polar surface area (TPSA) is 124 Å². The van der Waals surface area contributed by atoms with Crippen LogP contribution in [0.1, 0.15) is 18.1 Å². The first kappa shape index (κ1) is 21.3. The molecule has 31 heavy (non-hydrogen) atoms. The number of carboxylic acids is 1. The van der Waals surface area contributed by atoms with Crippen molar-refractivity contribution in [3.63, 3.8) is 0 Å². The number of carbonyl (C=O) groups is 1. The molecule has 0 bridgehead atoms. The third kappa shape index (κ3) is 3.56. The highest BCUT2D eigenvalue weighted by Crippen LogP contribution is 2.50. The summed E-state index contributed by atoms with van der Waals surface area (Å²) in [6, 6.07) is 0.554. The minimum Gasteiger partial charge on any atom is -0.492 e. The van der Waals surface area contributed by atoms with Gasteiger partial charge < -0.3 is 30.4 Å². The number of carboxylic acid groups (broad SMARTS) is 1. The Morgan fingerprint density at radius 3 is 2.58 bits per heavy atom. The molecule has 3 aliphatic rings. The van der Waals surface area contributed by atoms with Gasteiger partial charge >= 0.3 is 5.97 Å². The van der Waals surface area contributed by atoms with Crippen molar-refractivity contribution in [1.82, 2.24) is 5.01 Å². The van der Waals surface area contributed by atoms with Gasteiger partial charge in [0.25, 0.3) is 0 Å². The van der Waals surface area contributed by atoms with Crippen molar-refractivity contribution >= 4 is 23.1 Å². The number of fused-ring (bicyclic) bond motifs is 1. The highest BCUT2D eigenvalue weighted by Gasteiger charge is 2.45. The maximum absolute atomic E-state index is 15.3. The summed E-state index contributed by atoms with van der Waals surface area (Å²) in [6.45, 7) is 0.624. The van der Waals surface area contributed by atoms with Crippen LogP contribution in [0.15, 0.2) is 23.0 Å². The number of hydrazine groups is 1. The number of halogens is 2. The number of methoxy groups -OCH3 is 1. The second kappa shape index (κ2) is 7.94. The third-order valence-corrected chi connectivity index (χ3v) is 5.55. The van der Waals surface area contributed by atoms with Crippen molar-refractivity contribution in [2.75, 3.05) is 43.8 Å². The van der Waals surface area contributed by atoms with Crippen molar-refractivity contribution in [1.29, 1.82) is 0 Å². The van der Waals surface area contributed by atoms with E-state index in [1.54, 1.807) is 4.90 Å². The van der Waals surface area contributed by atoms with E-state index in [1.807, 2.05) is 0 Å². The quantitative estimate of drug-likeness (QED) is 0.346. The number of oxime groups is 1. The first-order chi connectivity index (χ1) is 14.8. The largest absolute Gasteiger partial charge is 0.492 e. The lowest BCUT2D eigenvalue weighted by Gasteiger charge is -2.38. The third-order valence-electron chi connectivity index (χ3n) is 5.55. The van der Waals surface area contributed by atoms with Gasteiger partial charge in [-0.15, -0.1) is 0 Å². The molecule has 10 nitrogen and oxygen atoms in total. The van der Waals surface area contributed by atoms with Crippen LogP contribution in [0.2, 0.25) is 0 Å². The minimum absolute atomic E-state index is 0.0277. The molecule has 12 heteroatoms. The molecule has 1 aromatic carbocycles. The summed E-state index contributed by atoms with van der Waals surface area (Å²) < 4.78 is 34.7. The number of aliphatic carboxylic acids is 1. The minimum atomic E-state index is -1.61. The fraction of sp³-hybridized carbons (Fsp3) is 0.474. The van der Waals surface area contributed by atoms with Gasteiger partial charge in [0.1, 0.15) is 24.6 Å². The van der Waals surface area contributed by atoms with E-state index in [0.717, 1.165) is 12.3 Å². The van der Waals surface area contributed by atoms with Crippen molar-refractivity contribution in [3.8, 4) is 5.75 Å². The number of benzene rings is 1. The molecule has 0 aliphatic carbocycles. The SMILES string of the molecule is CO/N=C1\CCN(c2c(F)cc3c(c2OC)N(N2C[C@@H]2F)C=C(C(=O)O)C3O)CC1N. The van der Waals surface area contributed by atoms with Gasteiger partial charge in [0.15, 0.2) is 17.9 Å². The Kier molecular flexibility index (Phi) is 5.45. The molecule has 4 rings (SSSR count). The summed E-state index contributed by atoms with van der Waals surface area (Å²) in [5, 5.41) is 26.4. The summed E-state index contributed by atoms with van der Waals surface area (Å²) in [4.78, 5) is 18.1. The van der Waals surface area contributed by atoms with Crippen LogP contribution in [0.5, 0.6) is 5.75 Å². The number of ether oxygens (including phenoxy) is 1. The molecule has 0 amide bonds. The second-order valence-corrected chi connectivity index (χ2v) is 7.44. The van der Waals surface area contributed by atoms with E-state index in [1.165, 1.54) is 24.2 Å². The van der Waals surface area contributed by atoms with Crippen molar-refractivity contribution < 1.29 is 33.4 Å². The van der Waals surface area contributed by atoms with Crippen molar-refractivity contribution in [3.05, 3.63) is 29.2 Å². The standard InChI is InChI=1S/C19H23F2N5O5/c1-30-18-15-9(17(27)10(19(28)29)6-26(15)25-8-14(25)21)5-11(20)16(18)24-4-3-13(23-31-2)12(22)7-24/h5-6,12,14,17,27H,3-4,7-8,22H2,1-2H3,(H,28,29)/b23-13+/t12?,14-,17?,25?/m1/s1. The van der Waals surface area contributed by atoms with Crippen molar-refractivity contribution in [2.45, 2.75) is 24.9 Å². The fourth-order valence-electron chi connectivity index (χ4n) is 4.00. The average Bonchev–Trinajstić information content (AvgIpc) is 3.45. The first-order valence-electron chi connectivity index (χ1n) is 9.62. The Hall–Kier alpha value is -2.96. The van der Waals surface area contributed by atoms with Crippen LogP contribution >= 0.6 is 0 Å². The van der Waals surface area contributed by atoms with E-state index < -0.39 is 35.8 Å². The fourth-order valence-corrected chi connectivity index (χ4v) is 4.00. The number of hydrogen-bond acceptors (Lipinski definition) is 9. The molecule has 0 radical (unpaired) electrons. The van der Waals surface area contributed by atoms with Crippen LogP contribution in [-0.4, -0.2) is 73.1 Å². The van der Waals surface area contributed by atoms with Gasteiger partial charge in [0.2, 0.25) is 0 Å². The number of nitrogens with zero attached hydrogens (tertiary/aromatic N) is 4. The predicted octanol–water partition coefficient (Wildman–Crippen LogP) is 0.722. The number of rotatable bonds is 5. The van der Waals surface area contributed by atoms with E-state index in [2.05, 4.69) is 5.16 Å². The Morgan fingerprint density at radius 2 is 2.03 bits per heavy atom. The van der Waals surface area contributed by atoms with Gasteiger partial charge in [0, 0.05) is 31.3 Å². The molecule has 2 fully saturated rings. The Balaban J connectivity index is 1.82. The van der Waals surface area contributed by atoms with Gasteiger partial charge in [-0.25, -0.2) is 13.6 Å². The van der Waals surface area contributed by atoms with Crippen LogP contribution in [0.3, 0.4) is 0 Å². The number of piperidine rings is 1. The molecule has 0 spiro atoms. The first-order valence-corrected chi connectivity index (χ1v) is 9.62. The van der Waals surface area contributed by atoms with Crippen LogP contribution in [0.4, 0.5) is 20.2 Å². The molecule has 3 aliphatic heterocycles. The van der Waals surface area contributed by atoms with Gasteiger partial charge in [-0.2, -0.15) is 5.01 Å². The zero-order valence-corrected chi connectivity index (χ0v) is 17.0. The van der Waals surface area contributed by atoms with E-state index in [4.69, 9.17) is 15.3 Å². The maximum atomic E-state index is 15.3. The van der Waals surface area contributed by atoms with Gasteiger partial charge in [-0.3, -0.25) is 5.01 Å². The summed E-state index contributed by atoms with van der Waals surface area (Å²) in [5.74, 6) is -2.06. The molecule has 0 aromatic heterocycles. The highest BCUT2D eigenvalue weighted by molar-refractivity contribution is 5.93. The van der Waals surface area contributed by atoms with E-state index in [-0.39, 0.29) is 35.8 Å². The van der Waals surface area contributed by atoms with Crippen LogP contribution in [0, 0.1) is 5.82 Å². The van der Waals surface area contributed by atoms with Gasteiger partial charge in [-0.05, 0) is 6.07 Å². The normalized spacial score (nSPS) is 28.8. The number of aliphatic hydroxyl groups is 1. The molecule has 3 heterocycles. The number of hydrogen-bond donors (Lipinski definition) is 3. The lowest BCUT2D eigenvalue weighted by atomic mass is 9.94.